The first-order valence-electron chi connectivity index (χ1n) is 9.10. The SMILES string of the molecule is CCNC(=NCc1ccc(OC)c(C)c1)Nc1ccc(OCC)c(OC)c1.I. The number of hydrogen-bond donors (Lipinski definition) is 2. The number of nitrogens with one attached hydrogen (secondary N) is 2. The number of methoxy groups -OCH3 is 2. The van der Waals surface area contributed by atoms with Crippen molar-refractivity contribution in [2.24, 2.45) is 4.99 Å². The van der Waals surface area contributed by atoms with Gasteiger partial charge in [-0.05, 0) is 50.1 Å². The first-order chi connectivity index (χ1) is 13.1. The van der Waals surface area contributed by atoms with Crippen LogP contribution in [-0.2, 0) is 6.54 Å². The molecule has 0 unspecified atom stereocenters. The predicted molar refractivity (Wildman–Crippen MR) is 126 cm³/mol. The smallest absolute Gasteiger partial charge is 0.196 e. The molecule has 0 aromatic heterocycles. The van der Waals surface area contributed by atoms with Crippen LogP contribution in [0.1, 0.15) is 25.0 Å². The molecule has 0 aliphatic rings. The average Bonchev–Trinajstić information content (AvgIpc) is 2.67. The van der Waals surface area contributed by atoms with E-state index in [1.54, 1.807) is 14.2 Å². The summed E-state index contributed by atoms with van der Waals surface area (Å²) in [5.74, 6) is 3.00. The van der Waals surface area contributed by atoms with Crippen LogP contribution in [0.15, 0.2) is 41.4 Å². The monoisotopic (exact) mass is 499 g/mol. The number of aliphatic imine (C=N–C) groups is 1. The molecule has 0 amide bonds. The highest BCUT2D eigenvalue weighted by Crippen LogP contribution is 2.30. The van der Waals surface area contributed by atoms with Crippen molar-refractivity contribution in [3.05, 3.63) is 47.5 Å². The molecule has 0 atom stereocenters. The van der Waals surface area contributed by atoms with E-state index in [4.69, 9.17) is 14.2 Å². The minimum absolute atomic E-state index is 0. The number of nitrogens with zero attached hydrogens (tertiary/aromatic N) is 1. The van der Waals surface area contributed by atoms with Crippen LogP contribution in [0.5, 0.6) is 17.2 Å². The molecule has 154 valence electrons. The largest absolute Gasteiger partial charge is 0.496 e. The molecular weight excluding hydrogens is 469 g/mol. The summed E-state index contributed by atoms with van der Waals surface area (Å²) in [7, 11) is 3.31. The molecule has 2 rings (SSSR count). The molecular formula is C21H30IN3O3. The fourth-order valence-corrected chi connectivity index (χ4v) is 2.67. The number of benzene rings is 2. The molecule has 0 fully saturated rings. The Kier molecular flexibility index (Phi) is 10.5. The third-order valence-electron chi connectivity index (χ3n) is 3.95. The first-order valence-corrected chi connectivity index (χ1v) is 9.10. The number of anilines is 1. The Labute approximate surface area is 184 Å². The molecule has 0 aliphatic heterocycles. The Hall–Kier alpha value is -2.16. The second kappa shape index (κ2) is 12.3. The van der Waals surface area contributed by atoms with Crippen LogP contribution in [0, 0.1) is 6.92 Å². The van der Waals surface area contributed by atoms with E-state index in [0.717, 1.165) is 34.9 Å². The van der Waals surface area contributed by atoms with E-state index in [0.29, 0.717) is 24.9 Å². The fraction of sp³-hybridized carbons (Fsp3) is 0.381. The maximum Gasteiger partial charge on any atom is 0.196 e. The van der Waals surface area contributed by atoms with Gasteiger partial charge in [-0.15, -0.1) is 24.0 Å². The van der Waals surface area contributed by atoms with E-state index in [1.165, 1.54) is 0 Å². The van der Waals surface area contributed by atoms with E-state index >= 15 is 0 Å². The molecule has 7 heteroatoms. The summed E-state index contributed by atoms with van der Waals surface area (Å²) >= 11 is 0. The zero-order valence-electron chi connectivity index (χ0n) is 17.2. The third kappa shape index (κ3) is 6.78. The predicted octanol–water partition coefficient (Wildman–Crippen LogP) is 4.61. The van der Waals surface area contributed by atoms with Crippen LogP contribution < -0.4 is 24.8 Å². The van der Waals surface area contributed by atoms with Gasteiger partial charge in [0.1, 0.15) is 5.75 Å². The van der Waals surface area contributed by atoms with Crippen LogP contribution in [0.3, 0.4) is 0 Å². The van der Waals surface area contributed by atoms with Gasteiger partial charge in [-0.2, -0.15) is 0 Å². The minimum atomic E-state index is 0. The van der Waals surface area contributed by atoms with E-state index in [-0.39, 0.29) is 24.0 Å². The summed E-state index contributed by atoms with van der Waals surface area (Å²) in [4.78, 5) is 4.67. The van der Waals surface area contributed by atoms with Gasteiger partial charge in [-0.3, -0.25) is 0 Å². The molecule has 28 heavy (non-hydrogen) atoms. The number of ether oxygens (including phenoxy) is 3. The second-order valence-electron chi connectivity index (χ2n) is 5.92. The third-order valence-corrected chi connectivity index (χ3v) is 3.95. The van der Waals surface area contributed by atoms with Crippen LogP contribution in [0.2, 0.25) is 0 Å². The molecule has 6 nitrogen and oxygen atoms in total. The van der Waals surface area contributed by atoms with Crippen LogP contribution in [0.25, 0.3) is 0 Å². The van der Waals surface area contributed by atoms with Gasteiger partial charge in [0.25, 0.3) is 0 Å². The van der Waals surface area contributed by atoms with Crippen molar-refractivity contribution in [3.8, 4) is 17.2 Å². The topological polar surface area (TPSA) is 64.1 Å². The summed E-state index contributed by atoms with van der Waals surface area (Å²) in [6.07, 6.45) is 0. The molecule has 0 aliphatic carbocycles. The zero-order chi connectivity index (χ0) is 19.6. The Morgan fingerprint density at radius 3 is 2.29 bits per heavy atom. The highest BCUT2D eigenvalue weighted by Gasteiger charge is 2.07. The van der Waals surface area contributed by atoms with Gasteiger partial charge in [-0.1, -0.05) is 12.1 Å². The number of rotatable bonds is 8. The maximum atomic E-state index is 5.56. The van der Waals surface area contributed by atoms with Crippen molar-refractivity contribution in [2.75, 3.05) is 32.7 Å². The van der Waals surface area contributed by atoms with Crippen LogP contribution in [-0.4, -0.2) is 33.3 Å². The Morgan fingerprint density at radius 1 is 0.964 bits per heavy atom. The lowest BCUT2D eigenvalue weighted by Crippen LogP contribution is -2.30. The lowest BCUT2D eigenvalue weighted by atomic mass is 10.1. The summed E-state index contributed by atoms with van der Waals surface area (Å²) in [5.41, 5.74) is 3.09. The normalized spacial score (nSPS) is 10.7. The van der Waals surface area contributed by atoms with E-state index in [9.17, 15) is 0 Å². The summed E-state index contributed by atoms with van der Waals surface area (Å²) in [6.45, 7) is 7.93. The minimum Gasteiger partial charge on any atom is -0.496 e. The standard InChI is InChI=1S/C21H29N3O3.HI/c1-6-22-21(23-14-16-8-10-18(25-4)15(3)12-16)24-17-9-11-19(27-7-2)20(13-17)26-5;/h8-13H,6-7,14H2,1-5H3,(H2,22,23,24);1H. The van der Waals surface area contributed by atoms with Gasteiger partial charge in [0.2, 0.25) is 0 Å². The Morgan fingerprint density at radius 2 is 1.68 bits per heavy atom. The Bertz CT molecular complexity index is 781. The van der Waals surface area contributed by atoms with Gasteiger partial charge >= 0.3 is 0 Å². The molecule has 0 heterocycles. The lowest BCUT2D eigenvalue weighted by molar-refractivity contribution is 0.311. The van der Waals surface area contributed by atoms with Gasteiger partial charge in [0.05, 0.1) is 27.4 Å². The van der Waals surface area contributed by atoms with E-state index in [1.807, 2.05) is 51.1 Å². The number of halogens is 1. The molecule has 2 aromatic carbocycles. The van der Waals surface area contributed by atoms with Crippen molar-refractivity contribution in [3.63, 3.8) is 0 Å². The molecule has 0 saturated carbocycles. The lowest BCUT2D eigenvalue weighted by Gasteiger charge is -2.14. The maximum absolute atomic E-state index is 5.56. The molecule has 0 radical (unpaired) electrons. The van der Waals surface area contributed by atoms with E-state index < -0.39 is 0 Å². The number of guanidine groups is 1. The molecule has 2 N–H and O–H groups in total. The van der Waals surface area contributed by atoms with Crippen LogP contribution in [0.4, 0.5) is 5.69 Å². The average molecular weight is 499 g/mol. The molecule has 0 bridgehead atoms. The van der Waals surface area contributed by atoms with Crippen molar-refractivity contribution in [1.29, 1.82) is 0 Å². The summed E-state index contributed by atoms with van der Waals surface area (Å²) in [5, 5.41) is 6.57. The first kappa shape index (κ1) is 23.9. The van der Waals surface area contributed by atoms with Crippen LogP contribution >= 0.6 is 24.0 Å². The van der Waals surface area contributed by atoms with E-state index in [2.05, 4.69) is 21.7 Å². The Balaban J connectivity index is 0.00000392. The van der Waals surface area contributed by atoms with Gasteiger partial charge in [-0.25, -0.2) is 4.99 Å². The van der Waals surface area contributed by atoms with Crippen molar-refractivity contribution >= 4 is 35.6 Å². The second-order valence-corrected chi connectivity index (χ2v) is 5.92. The summed E-state index contributed by atoms with van der Waals surface area (Å²) < 4.78 is 16.3. The molecule has 0 saturated heterocycles. The molecule has 0 spiro atoms. The number of hydrogen-bond acceptors (Lipinski definition) is 4. The fourth-order valence-electron chi connectivity index (χ4n) is 2.67. The number of aryl methyl sites for hydroxylation is 1. The zero-order valence-corrected chi connectivity index (χ0v) is 19.5. The van der Waals surface area contributed by atoms with Gasteiger partial charge in [0, 0.05) is 18.3 Å². The quantitative estimate of drug-likeness (QED) is 0.316. The van der Waals surface area contributed by atoms with Gasteiger partial charge < -0.3 is 24.8 Å². The van der Waals surface area contributed by atoms with Crippen molar-refractivity contribution in [1.82, 2.24) is 5.32 Å². The van der Waals surface area contributed by atoms with Crippen molar-refractivity contribution < 1.29 is 14.2 Å². The van der Waals surface area contributed by atoms with Crippen molar-refractivity contribution in [2.45, 2.75) is 27.3 Å². The molecule has 2 aromatic rings. The highest BCUT2D eigenvalue weighted by atomic mass is 127. The summed E-state index contributed by atoms with van der Waals surface area (Å²) in [6, 6.07) is 11.8. The van der Waals surface area contributed by atoms with Gasteiger partial charge in [0.15, 0.2) is 17.5 Å². The highest BCUT2D eigenvalue weighted by molar-refractivity contribution is 14.0.